The van der Waals surface area contributed by atoms with Gasteiger partial charge in [-0.2, -0.15) is 4.98 Å². The molecule has 138 valence electrons. The van der Waals surface area contributed by atoms with Crippen LogP contribution in [0.2, 0.25) is 0 Å². The summed E-state index contributed by atoms with van der Waals surface area (Å²) in [6.07, 6.45) is 1.73. The molecule has 1 saturated heterocycles. The van der Waals surface area contributed by atoms with E-state index in [0.717, 1.165) is 19.4 Å². The van der Waals surface area contributed by atoms with Gasteiger partial charge in [0.05, 0.1) is 10.8 Å². The van der Waals surface area contributed by atoms with Crippen molar-refractivity contribution in [2.75, 3.05) is 18.0 Å². The van der Waals surface area contributed by atoms with E-state index in [1.165, 1.54) is 18.2 Å². The second-order valence-electron chi connectivity index (χ2n) is 6.49. The number of hydrogen-bond acceptors (Lipinski definition) is 6. The van der Waals surface area contributed by atoms with E-state index in [-0.39, 0.29) is 22.3 Å². The molecule has 1 fully saturated rings. The first-order chi connectivity index (χ1) is 13.1. The molecule has 2 aromatic carbocycles. The summed E-state index contributed by atoms with van der Waals surface area (Å²) in [5, 5.41) is 15.3. The number of nitro groups is 1. The molecule has 1 aromatic heterocycles. The Hall–Kier alpha value is -3.29. The molecule has 4 rings (SSSR count). The summed E-state index contributed by atoms with van der Waals surface area (Å²) in [6, 6.07) is 12.6. The third kappa shape index (κ3) is 3.51. The average molecular weight is 368 g/mol. The van der Waals surface area contributed by atoms with Gasteiger partial charge in [0.25, 0.3) is 5.69 Å². The smallest absolute Gasteiger partial charge is 0.292 e. The van der Waals surface area contributed by atoms with Crippen LogP contribution in [0, 0.1) is 15.9 Å². The van der Waals surface area contributed by atoms with Crippen LogP contribution < -0.4 is 4.90 Å². The molecule has 8 heteroatoms. The molecule has 0 amide bonds. The topological polar surface area (TPSA) is 85.3 Å². The highest BCUT2D eigenvalue weighted by atomic mass is 19.1. The van der Waals surface area contributed by atoms with Crippen molar-refractivity contribution in [2.24, 2.45) is 0 Å². The molecule has 0 radical (unpaired) electrons. The van der Waals surface area contributed by atoms with Crippen molar-refractivity contribution in [1.29, 1.82) is 0 Å². The summed E-state index contributed by atoms with van der Waals surface area (Å²) in [4.78, 5) is 17.4. The Morgan fingerprint density at radius 3 is 2.74 bits per heavy atom. The predicted octanol–water partition coefficient (Wildman–Crippen LogP) is 4.17. The van der Waals surface area contributed by atoms with E-state index in [4.69, 9.17) is 4.52 Å². The van der Waals surface area contributed by atoms with Crippen LogP contribution >= 0.6 is 0 Å². The summed E-state index contributed by atoms with van der Waals surface area (Å²) < 4.78 is 18.5. The minimum absolute atomic E-state index is 0.0136. The summed E-state index contributed by atoms with van der Waals surface area (Å²) in [5.41, 5.74) is 1.37. The molecular weight excluding hydrogens is 351 g/mol. The molecule has 0 N–H and O–H groups in total. The molecule has 1 aliphatic rings. The summed E-state index contributed by atoms with van der Waals surface area (Å²) in [6.45, 7) is 1.30. The first-order valence-corrected chi connectivity index (χ1v) is 8.70. The first-order valence-electron chi connectivity index (χ1n) is 8.70. The molecule has 3 aromatic rings. The van der Waals surface area contributed by atoms with Crippen molar-refractivity contribution >= 4 is 11.4 Å². The fraction of sp³-hybridized carbons (Fsp3) is 0.263. The summed E-state index contributed by atoms with van der Waals surface area (Å²) in [5.74, 6) is 0.570. The van der Waals surface area contributed by atoms with Crippen molar-refractivity contribution in [3.05, 3.63) is 70.4 Å². The quantitative estimate of drug-likeness (QED) is 0.508. The molecule has 2 heterocycles. The highest BCUT2D eigenvalue weighted by Gasteiger charge is 2.29. The minimum Gasteiger partial charge on any atom is -0.365 e. The first kappa shape index (κ1) is 17.1. The fourth-order valence-electron chi connectivity index (χ4n) is 3.40. The van der Waals surface area contributed by atoms with Gasteiger partial charge in [0, 0.05) is 24.7 Å². The number of nitro benzene ring substituents is 1. The fourth-order valence-corrected chi connectivity index (χ4v) is 3.40. The van der Waals surface area contributed by atoms with Gasteiger partial charge in [-0.05, 0) is 43.2 Å². The van der Waals surface area contributed by atoms with Gasteiger partial charge < -0.3 is 9.42 Å². The lowest BCUT2D eigenvalue weighted by molar-refractivity contribution is -0.384. The number of hydrogen-bond donors (Lipinski definition) is 0. The van der Waals surface area contributed by atoms with E-state index in [1.807, 2.05) is 4.90 Å². The highest BCUT2D eigenvalue weighted by Crippen LogP contribution is 2.34. The Balaban J connectivity index is 1.56. The molecule has 7 nitrogen and oxygen atoms in total. The zero-order valence-corrected chi connectivity index (χ0v) is 14.4. The van der Waals surface area contributed by atoms with Crippen LogP contribution in [-0.2, 0) is 0 Å². The summed E-state index contributed by atoms with van der Waals surface area (Å²) >= 11 is 0. The maximum Gasteiger partial charge on any atom is 0.292 e. The van der Waals surface area contributed by atoms with Crippen LogP contribution in [0.25, 0.3) is 11.4 Å². The van der Waals surface area contributed by atoms with Crippen molar-refractivity contribution in [3.63, 3.8) is 0 Å². The van der Waals surface area contributed by atoms with Gasteiger partial charge in [0.1, 0.15) is 11.5 Å². The minimum atomic E-state index is -0.363. The molecular formula is C19H17FN4O3. The molecule has 1 atom stereocenters. The molecule has 0 aliphatic carbocycles. The van der Waals surface area contributed by atoms with Crippen molar-refractivity contribution in [1.82, 2.24) is 10.1 Å². The van der Waals surface area contributed by atoms with Crippen LogP contribution in [0.1, 0.15) is 24.7 Å². The molecule has 27 heavy (non-hydrogen) atoms. The predicted molar refractivity (Wildman–Crippen MR) is 97.0 cm³/mol. The third-order valence-electron chi connectivity index (χ3n) is 4.73. The second-order valence-corrected chi connectivity index (χ2v) is 6.49. The van der Waals surface area contributed by atoms with Crippen LogP contribution in [0.5, 0.6) is 0 Å². The summed E-state index contributed by atoms with van der Waals surface area (Å²) in [7, 11) is 0. The van der Waals surface area contributed by atoms with Crippen LogP contribution in [0.3, 0.4) is 0 Å². The van der Waals surface area contributed by atoms with Gasteiger partial charge in [-0.1, -0.05) is 17.3 Å². The number of aromatic nitrogens is 2. The van der Waals surface area contributed by atoms with Crippen LogP contribution in [0.15, 0.2) is 53.1 Å². The van der Waals surface area contributed by atoms with Gasteiger partial charge in [-0.3, -0.25) is 10.1 Å². The van der Waals surface area contributed by atoms with Gasteiger partial charge in [0.2, 0.25) is 11.7 Å². The van der Waals surface area contributed by atoms with Crippen LogP contribution in [0.4, 0.5) is 15.8 Å². The Morgan fingerprint density at radius 2 is 1.96 bits per heavy atom. The lowest BCUT2D eigenvalue weighted by Crippen LogP contribution is -2.34. The van der Waals surface area contributed by atoms with E-state index in [0.29, 0.717) is 29.5 Å². The Kier molecular flexibility index (Phi) is 4.53. The number of piperidine rings is 1. The van der Waals surface area contributed by atoms with Gasteiger partial charge in [0.15, 0.2) is 0 Å². The lowest BCUT2D eigenvalue weighted by atomic mass is 9.97. The van der Waals surface area contributed by atoms with E-state index in [1.54, 1.807) is 30.3 Å². The Morgan fingerprint density at radius 1 is 1.19 bits per heavy atom. The lowest BCUT2D eigenvalue weighted by Gasteiger charge is -2.32. The van der Waals surface area contributed by atoms with E-state index >= 15 is 0 Å². The van der Waals surface area contributed by atoms with E-state index < -0.39 is 0 Å². The molecule has 0 bridgehead atoms. The largest absolute Gasteiger partial charge is 0.365 e. The van der Waals surface area contributed by atoms with Gasteiger partial charge in [-0.15, -0.1) is 0 Å². The highest BCUT2D eigenvalue weighted by molar-refractivity contribution is 5.63. The molecule has 1 unspecified atom stereocenters. The number of halogens is 1. The number of nitrogens with zero attached hydrogens (tertiary/aromatic N) is 4. The molecule has 0 saturated carbocycles. The van der Waals surface area contributed by atoms with Crippen LogP contribution in [-0.4, -0.2) is 28.2 Å². The Labute approximate surface area is 154 Å². The van der Waals surface area contributed by atoms with Gasteiger partial charge >= 0.3 is 0 Å². The zero-order chi connectivity index (χ0) is 18.8. The molecule has 0 spiro atoms. The van der Waals surface area contributed by atoms with Crippen molar-refractivity contribution in [3.8, 4) is 11.4 Å². The zero-order valence-electron chi connectivity index (χ0n) is 14.4. The SMILES string of the molecule is O=[N+]([O-])c1ccccc1N1CCCC(c2nc(-c3ccc(F)cc3)no2)C1. The maximum absolute atomic E-state index is 13.1. The van der Waals surface area contributed by atoms with Crippen molar-refractivity contribution in [2.45, 2.75) is 18.8 Å². The maximum atomic E-state index is 13.1. The standard InChI is InChI=1S/C19H17FN4O3/c20-15-9-7-13(8-10-15)18-21-19(27-22-18)14-4-3-11-23(12-14)16-5-1-2-6-17(16)24(25)26/h1-2,5-10,14H,3-4,11-12H2. The Bertz CT molecular complexity index is 958. The number of benzene rings is 2. The normalized spacial score (nSPS) is 17.1. The number of rotatable bonds is 4. The average Bonchev–Trinajstić information content (AvgIpc) is 3.19. The van der Waals surface area contributed by atoms with Gasteiger partial charge in [-0.25, -0.2) is 4.39 Å². The second kappa shape index (κ2) is 7.14. The van der Waals surface area contributed by atoms with Crippen molar-refractivity contribution < 1.29 is 13.8 Å². The van der Waals surface area contributed by atoms with E-state index in [9.17, 15) is 14.5 Å². The molecule has 1 aliphatic heterocycles. The number of anilines is 1. The van der Waals surface area contributed by atoms with E-state index in [2.05, 4.69) is 10.1 Å². The number of para-hydroxylation sites is 2. The third-order valence-corrected chi connectivity index (χ3v) is 4.73. The monoisotopic (exact) mass is 368 g/mol.